The Balaban J connectivity index is 3.05. The van der Waals surface area contributed by atoms with E-state index in [0.717, 1.165) is 0 Å². The number of nitrogens with zero attached hydrogens (tertiary/aromatic N) is 1. The van der Waals surface area contributed by atoms with Crippen molar-refractivity contribution in [1.29, 1.82) is 0 Å². The fourth-order valence-corrected chi connectivity index (χ4v) is 1.19. The van der Waals surface area contributed by atoms with Gasteiger partial charge >= 0.3 is 5.97 Å². The molecule has 80 valence electrons. The summed E-state index contributed by atoms with van der Waals surface area (Å²) >= 11 is 5.79. The summed E-state index contributed by atoms with van der Waals surface area (Å²) in [5.41, 5.74) is 2.48. The minimum absolute atomic E-state index is 0.251. The Morgan fingerprint density at radius 1 is 1.67 bits per heavy atom. The first-order chi connectivity index (χ1) is 7.19. The molecule has 15 heavy (non-hydrogen) atoms. The van der Waals surface area contributed by atoms with Gasteiger partial charge in [0.1, 0.15) is 0 Å². The molecule has 1 aromatic rings. The van der Waals surface area contributed by atoms with Crippen LogP contribution < -0.4 is 5.59 Å². The highest BCUT2D eigenvalue weighted by Crippen LogP contribution is 2.17. The molecule has 0 aliphatic rings. The van der Waals surface area contributed by atoms with Gasteiger partial charge < -0.3 is 4.74 Å². The number of carbonyl (C=O) groups is 1. The zero-order valence-corrected chi connectivity index (χ0v) is 8.65. The van der Waals surface area contributed by atoms with E-state index >= 15 is 0 Å². The molecule has 0 saturated heterocycles. The lowest BCUT2D eigenvalue weighted by molar-refractivity contribution is 0.0601. The molecule has 0 fully saturated rings. The summed E-state index contributed by atoms with van der Waals surface area (Å²) in [5.74, 6) is -0.521. The number of carbonyl (C=O) groups excluding carboxylic acids is 1. The molecule has 0 atom stereocenters. The maximum absolute atomic E-state index is 11.2. The lowest BCUT2D eigenvalue weighted by atomic mass is 10.1. The van der Waals surface area contributed by atoms with Crippen molar-refractivity contribution in [2.24, 2.45) is 5.10 Å². The Labute approximate surface area is 91.3 Å². The SMILES string of the molecule is COC(=O)c1cc(C=NNO)ccc1Cl. The molecule has 0 saturated carbocycles. The van der Waals surface area contributed by atoms with E-state index in [1.165, 1.54) is 19.4 Å². The molecule has 0 aliphatic carbocycles. The van der Waals surface area contributed by atoms with E-state index in [1.807, 2.05) is 0 Å². The first-order valence-electron chi connectivity index (χ1n) is 3.99. The highest BCUT2D eigenvalue weighted by Gasteiger charge is 2.10. The third-order valence-corrected chi connectivity index (χ3v) is 2.00. The highest BCUT2D eigenvalue weighted by molar-refractivity contribution is 6.33. The molecule has 0 unspecified atom stereocenters. The molecule has 6 heteroatoms. The van der Waals surface area contributed by atoms with Crippen LogP contribution >= 0.6 is 11.6 Å². The first kappa shape index (κ1) is 11.5. The topological polar surface area (TPSA) is 70.9 Å². The molecule has 0 bridgehead atoms. The molecule has 0 amide bonds. The Morgan fingerprint density at radius 3 is 3.00 bits per heavy atom. The summed E-state index contributed by atoms with van der Waals surface area (Å²) in [6.45, 7) is 0. The second-order valence-corrected chi connectivity index (χ2v) is 3.00. The van der Waals surface area contributed by atoms with Gasteiger partial charge in [-0.3, -0.25) is 5.21 Å². The second-order valence-electron chi connectivity index (χ2n) is 2.59. The normalized spacial score (nSPS) is 10.3. The van der Waals surface area contributed by atoms with Crippen molar-refractivity contribution in [2.75, 3.05) is 7.11 Å². The van der Waals surface area contributed by atoms with Crippen LogP contribution in [0, 0.1) is 0 Å². The number of hydrogen-bond donors (Lipinski definition) is 2. The van der Waals surface area contributed by atoms with Crippen LogP contribution in [0.5, 0.6) is 0 Å². The van der Waals surface area contributed by atoms with Crippen molar-refractivity contribution in [3.05, 3.63) is 34.3 Å². The summed E-state index contributed by atoms with van der Waals surface area (Å²) in [7, 11) is 1.27. The average molecular weight is 229 g/mol. The van der Waals surface area contributed by atoms with Crippen LogP contribution in [-0.2, 0) is 4.74 Å². The number of halogens is 1. The average Bonchev–Trinajstić information content (AvgIpc) is 2.27. The molecule has 1 aromatic carbocycles. The number of hydrogen-bond acceptors (Lipinski definition) is 5. The maximum atomic E-state index is 11.2. The third kappa shape index (κ3) is 2.93. The van der Waals surface area contributed by atoms with Crippen molar-refractivity contribution in [3.63, 3.8) is 0 Å². The van der Waals surface area contributed by atoms with Crippen molar-refractivity contribution in [2.45, 2.75) is 0 Å². The fourth-order valence-electron chi connectivity index (χ4n) is 0.993. The van der Waals surface area contributed by atoms with Crippen LogP contribution in [0.25, 0.3) is 0 Å². The molecule has 5 nitrogen and oxygen atoms in total. The minimum atomic E-state index is -0.521. The number of nitrogens with one attached hydrogen (secondary N) is 1. The van der Waals surface area contributed by atoms with Gasteiger partial charge in [-0.05, 0) is 17.7 Å². The van der Waals surface area contributed by atoms with Crippen molar-refractivity contribution in [3.8, 4) is 0 Å². The summed E-state index contributed by atoms with van der Waals surface area (Å²) in [6.07, 6.45) is 1.34. The molecule has 0 spiro atoms. The summed E-state index contributed by atoms with van der Waals surface area (Å²) in [5, 5.41) is 11.9. The van der Waals surface area contributed by atoms with E-state index in [9.17, 15) is 4.79 Å². The molecule has 0 heterocycles. The van der Waals surface area contributed by atoms with Gasteiger partial charge in [0.25, 0.3) is 0 Å². The van der Waals surface area contributed by atoms with Gasteiger partial charge in [0.05, 0.1) is 23.9 Å². The largest absolute Gasteiger partial charge is 0.465 e. The molecule has 0 aromatic heterocycles. The van der Waals surface area contributed by atoms with Gasteiger partial charge in [-0.25, -0.2) is 4.79 Å². The number of rotatable bonds is 3. The third-order valence-electron chi connectivity index (χ3n) is 1.67. The van der Waals surface area contributed by atoms with E-state index in [-0.39, 0.29) is 5.56 Å². The van der Waals surface area contributed by atoms with E-state index in [0.29, 0.717) is 10.6 Å². The van der Waals surface area contributed by atoms with Crippen LogP contribution in [0.1, 0.15) is 15.9 Å². The van der Waals surface area contributed by atoms with E-state index in [2.05, 4.69) is 9.84 Å². The van der Waals surface area contributed by atoms with E-state index in [4.69, 9.17) is 16.8 Å². The van der Waals surface area contributed by atoms with E-state index < -0.39 is 5.97 Å². The van der Waals surface area contributed by atoms with Crippen molar-refractivity contribution in [1.82, 2.24) is 5.59 Å². The first-order valence-corrected chi connectivity index (χ1v) is 4.37. The summed E-state index contributed by atoms with van der Waals surface area (Å²) < 4.78 is 4.54. The Hall–Kier alpha value is -1.59. The minimum Gasteiger partial charge on any atom is -0.465 e. The van der Waals surface area contributed by atoms with Crippen molar-refractivity contribution < 1.29 is 14.7 Å². The van der Waals surface area contributed by atoms with Gasteiger partial charge in [-0.2, -0.15) is 10.7 Å². The molecule has 1 rings (SSSR count). The molecule has 0 radical (unpaired) electrons. The van der Waals surface area contributed by atoms with Crippen LogP contribution in [0.4, 0.5) is 0 Å². The molecular weight excluding hydrogens is 220 g/mol. The smallest absolute Gasteiger partial charge is 0.339 e. The summed E-state index contributed by atoms with van der Waals surface area (Å²) in [6, 6.07) is 4.71. The Bertz CT molecular complexity index is 393. The van der Waals surface area contributed by atoms with Gasteiger partial charge in [0.2, 0.25) is 0 Å². The predicted molar refractivity (Wildman–Crippen MR) is 55.3 cm³/mol. The zero-order valence-electron chi connectivity index (χ0n) is 7.90. The highest BCUT2D eigenvalue weighted by atomic mass is 35.5. The number of benzene rings is 1. The Morgan fingerprint density at radius 2 is 2.40 bits per heavy atom. The van der Waals surface area contributed by atoms with E-state index in [1.54, 1.807) is 17.7 Å². The molecule has 2 N–H and O–H groups in total. The summed E-state index contributed by atoms with van der Waals surface area (Å²) in [4.78, 5) is 11.2. The van der Waals surface area contributed by atoms with Crippen LogP contribution in [0.3, 0.4) is 0 Å². The zero-order chi connectivity index (χ0) is 11.3. The van der Waals surface area contributed by atoms with Crippen molar-refractivity contribution >= 4 is 23.8 Å². The number of esters is 1. The van der Waals surface area contributed by atoms with Gasteiger partial charge in [-0.1, -0.05) is 17.7 Å². The lowest BCUT2D eigenvalue weighted by Crippen LogP contribution is -2.03. The number of hydrazone groups is 1. The van der Waals surface area contributed by atoms with Gasteiger partial charge in [0, 0.05) is 0 Å². The number of ether oxygens (including phenoxy) is 1. The molecular formula is C9H9ClN2O3. The quantitative estimate of drug-likeness (QED) is 0.467. The van der Waals surface area contributed by atoms with Gasteiger partial charge in [0.15, 0.2) is 0 Å². The van der Waals surface area contributed by atoms with Crippen LogP contribution in [0.15, 0.2) is 23.3 Å². The molecule has 0 aliphatic heterocycles. The van der Waals surface area contributed by atoms with Crippen LogP contribution in [-0.4, -0.2) is 24.5 Å². The Kier molecular flexibility index (Phi) is 4.08. The second kappa shape index (κ2) is 5.33. The standard InChI is InChI=1S/C9H9ClN2O3/c1-15-9(13)7-4-6(5-11-12-14)2-3-8(7)10/h2-5,12,14H,1H3. The monoisotopic (exact) mass is 228 g/mol. The maximum Gasteiger partial charge on any atom is 0.339 e. The predicted octanol–water partition coefficient (Wildman–Crippen LogP) is 1.44. The van der Waals surface area contributed by atoms with Gasteiger partial charge in [-0.15, -0.1) is 0 Å². The fraction of sp³-hybridized carbons (Fsp3) is 0.111. The number of methoxy groups -OCH3 is 1. The lowest BCUT2D eigenvalue weighted by Gasteiger charge is -2.02. The van der Waals surface area contributed by atoms with Crippen LogP contribution in [0.2, 0.25) is 5.02 Å².